The Balaban J connectivity index is 1.82. The lowest BCUT2D eigenvalue weighted by molar-refractivity contribution is -0.0950. The molecular formula is C20H23ClFNO4S2. The monoisotopic (exact) mass is 459 g/mol. The van der Waals surface area contributed by atoms with Gasteiger partial charge in [-0.3, -0.25) is 0 Å². The summed E-state index contributed by atoms with van der Waals surface area (Å²) in [5.41, 5.74) is 0.974. The van der Waals surface area contributed by atoms with Gasteiger partial charge in [-0.05, 0) is 41.5 Å². The van der Waals surface area contributed by atoms with Crippen molar-refractivity contribution in [2.75, 3.05) is 26.6 Å². The summed E-state index contributed by atoms with van der Waals surface area (Å²) in [4.78, 5) is 1.47. The predicted octanol–water partition coefficient (Wildman–Crippen LogP) is 4.33. The molecular weight excluding hydrogens is 437 g/mol. The Kier molecular flexibility index (Phi) is 7.24. The third kappa shape index (κ3) is 5.93. The van der Waals surface area contributed by atoms with E-state index in [4.69, 9.17) is 21.1 Å². The van der Waals surface area contributed by atoms with Gasteiger partial charge in [0.25, 0.3) is 0 Å². The highest BCUT2D eigenvalue weighted by Crippen LogP contribution is 2.40. The molecule has 1 N–H and O–H groups in total. The summed E-state index contributed by atoms with van der Waals surface area (Å²) in [5.74, 6) is -0.335. The van der Waals surface area contributed by atoms with E-state index in [0.717, 1.165) is 22.3 Å². The summed E-state index contributed by atoms with van der Waals surface area (Å²) < 4.78 is 50.5. The standard InChI is InChI=1S/C20H23ClFNO4S2/c1-26-20(5-7-27-8-6-20)15-10-16(22)12-17(11-15)28-19-4-3-14(9-18(19)21)13-23-29(2,24)25/h3-4,9-12,23H,5-8,13H2,1-2H3. The Bertz CT molecular complexity index is 978. The molecule has 9 heteroatoms. The second kappa shape index (κ2) is 9.32. The lowest BCUT2D eigenvalue weighted by Crippen LogP contribution is -2.35. The van der Waals surface area contributed by atoms with Crippen LogP contribution >= 0.6 is 23.4 Å². The molecule has 0 spiro atoms. The molecule has 3 rings (SSSR count). The summed E-state index contributed by atoms with van der Waals surface area (Å²) in [6.45, 7) is 1.30. The minimum atomic E-state index is -3.28. The molecule has 0 aliphatic carbocycles. The van der Waals surface area contributed by atoms with Crippen molar-refractivity contribution in [3.63, 3.8) is 0 Å². The molecule has 29 heavy (non-hydrogen) atoms. The number of rotatable bonds is 7. The van der Waals surface area contributed by atoms with Crippen LogP contribution in [-0.4, -0.2) is 35.0 Å². The molecule has 2 aromatic carbocycles. The Hall–Kier alpha value is -1.16. The normalized spacial score (nSPS) is 16.7. The molecule has 5 nitrogen and oxygen atoms in total. The quantitative estimate of drug-likeness (QED) is 0.667. The van der Waals surface area contributed by atoms with Crippen molar-refractivity contribution in [1.29, 1.82) is 0 Å². The van der Waals surface area contributed by atoms with Gasteiger partial charge < -0.3 is 9.47 Å². The Labute approximate surface area is 180 Å². The maximum atomic E-state index is 14.4. The Morgan fingerprint density at radius 1 is 1.24 bits per heavy atom. The molecule has 1 fully saturated rings. The van der Waals surface area contributed by atoms with E-state index < -0.39 is 15.6 Å². The molecule has 0 radical (unpaired) electrons. The van der Waals surface area contributed by atoms with Crippen molar-refractivity contribution in [2.45, 2.75) is 34.8 Å². The number of ether oxygens (including phenoxy) is 2. The summed E-state index contributed by atoms with van der Waals surface area (Å²) in [7, 11) is -1.64. The highest BCUT2D eigenvalue weighted by atomic mass is 35.5. The van der Waals surface area contributed by atoms with Crippen LogP contribution in [0.5, 0.6) is 0 Å². The minimum Gasteiger partial charge on any atom is -0.381 e. The topological polar surface area (TPSA) is 64.6 Å². The molecule has 0 unspecified atom stereocenters. The van der Waals surface area contributed by atoms with Crippen LogP contribution in [0.2, 0.25) is 5.02 Å². The van der Waals surface area contributed by atoms with E-state index in [1.165, 1.54) is 23.9 Å². The van der Waals surface area contributed by atoms with E-state index in [1.54, 1.807) is 25.3 Å². The predicted molar refractivity (Wildman–Crippen MR) is 112 cm³/mol. The smallest absolute Gasteiger partial charge is 0.209 e. The zero-order valence-corrected chi connectivity index (χ0v) is 18.6. The Morgan fingerprint density at radius 3 is 2.59 bits per heavy atom. The van der Waals surface area contributed by atoms with Gasteiger partial charge in [-0.25, -0.2) is 17.5 Å². The zero-order chi connectivity index (χ0) is 21.1. The average Bonchev–Trinajstić information content (AvgIpc) is 2.68. The maximum Gasteiger partial charge on any atom is 0.209 e. The van der Waals surface area contributed by atoms with Crippen LogP contribution in [0, 0.1) is 5.82 Å². The van der Waals surface area contributed by atoms with E-state index in [2.05, 4.69) is 4.72 Å². The number of hydrogen-bond donors (Lipinski definition) is 1. The van der Waals surface area contributed by atoms with Crippen LogP contribution in [0.1, 0.15) is 24.0 Å². The van der Waals surface area contributed by atoms with Crippen molar-refractivity contribution in [3.8, 4) is 0 Å². The number of halogens is 2. The van der Waals surface area contributed by atoms with Gasteiger partial charge in [0.05, 0.1) is 16.9 Å². The SMILES string of the molecule is COC1(c2cc(F)cc(Sc3ccc(CNS(C)(=O)=O)cc3Cl)c2)CCOCC1. The van der Waals surface area contributed by atoms with Crippen molar-refractivity contribution in [3.05, 3.63) is 58.4 Å². The van der Waals surface area contributed by atoms with Gasteiger partial charge in [-0.2, -0.15) is 0 Å². The molecule has 1 heterocycles. The van der Waals surface area contributed by atoms with Crippen LogP contribution in [0.25, 0.3) is 0 Å². The molecule has 0 bridgehead atoms. The zero-order valence-electron chi connectivity index (χ0n) is 16.2. The largest absolute Gasteiger partial charge is 0.381 e. The first-order chi connectivity index (χ1) is 13.7. The molecule has 1 aliphatic heterocycles. The van der Waals surface area contributed by atoms with Gasteiger partial charge in [0.15, 0.2) is 0 Å². The number of hydrogen-bond acceptors (Lipinski definition) is 5. The lowest BCUT2D eigenvalue weighted by atomic mass is 9.86. The van der Waals surface area contributed by atoms with E-state index in [1.807, 2.05) is 6.07 Å². The van der Waals surface area contributed by atoms with Crippen molar-refractivity contribution < 1.29 is 22.3 Å². The highest BCUT2D eigenvalue weighted by Gasteiger charge is 2.35. The first-order valence-electron chi connectivity index (χ1n) is 9.06. The average molecular weight is 460 g/mol. The molecule has 0 aromatic heterocycles. The van der Waals surface area contributed by atoms with E-state index in [0.29, 0.717) is 36.0 Å². The summed E-state index contributed by atoms with van der Waals surface area (Å²) >= 11 is 7.73. The van der Waals surface area contributed by atoms with Crippen LogP contribution in [-0.2, 0) is 31.6 Å². The Morgan fingerprint density at radius 2 is 1.97 bits per heavy atom. The third-order valence-corrected chi connectivity index (χ3v) is 6.99. The number of sulfonamides is 1. The van der Waals surface area contributed by atoms with Gasteiger partial charge in [0.1, 0.15) is 5.82 Å². The second-order valence-electron chi connectivity index (χ2n) is 6.95. The fourth-order valence-electron chi connectivity index (χ4n) is 3.27. The van der Waals surface area contributed by atoms with Gasteiger partial charge in [-0.1, -0.05) is 29.4 Å². The number of methoxy groups -OCH3 is 1. The van der Waals surface area contributed by atoms with Gasteiger partial charge >= 0.3 is 0 Å². The van der Waals surface area contributed by atoms with E-state index in [-0.39, 0.29) is 12.4 Å². The van der Waals surface area contributed by atoms with Crippen LogP contribution in [0.15, 0.2) is 46.2 Å². The number of benzene rings is 2. The van der Waals surface area contributed by atoms with Crippen molar-refractivity contribution in [2.24, 2.45) is 0 Å². The highest BCUT2D eigenvalue weighted by molar-refractivity contribution is 7.99. The van der Waals surface area contributed by atoms with E-state index >= 15 is 0 Å². The van der Waals surface area contributed by atoms with Crippen molar-refractivity contribution in [1.82, 2.24) is 4.72 Å². The molecule has 0 saturated carbocycles. The van der Waals surface area contributed by atoms with Gasteiger partial charge in [0.2, 0.25) is 10.0 Å². The molecule has 2 aromatic rings. The molecule has 158 valence electrons. The fourth-order valence-corrected chi connectivity index (χ4v) is 4.93. The lowest BCUT2D eigenvalue weighted by Gasteiger charge is -2.36. The molecule has 1 saturated heterocycles. The maximum absolute atomic E-state index is 14.4. The number of nitrogens with one attached hydrogen (secondary N) is 1. The fraction of sp³-hybridized carbons (Fsp3) is 0.400. The van der Waals surface area contributed by atoms with Crippen LogP contribution in [0.4, 0.5) is 4.39 Å². The van der Waals surface area contributed by atoms with Gasteiger partial charge in [0, 0.05) is 49.5 Å². The third-order valence-electron chi connectivity index (χ3n) is 4.85. The van der Waals surface area contributed by atoms with E-state index in [9.17, 15) is 12.8 Å². The summed E-state index contributed by atoms with van der Waals surface area (Å²) in [6, 6.07) is 10.2. The van der Waals surface area contributed by atoms with Crippen LogP contribution < -0.4 is 4.72 Å². The summed E-state index contributed by atoms with van der Waals surface area (Å²) in [6.07, 6.45) is 2.44. The van der Waals surface area contributed by atoms with Crippen LogP contribution in [0.3, 0.4) is 0 Å². The second-order valence-corrected chi connectivity index (χ2v) is 10.3. The van der Waals surface area contributed by atoms with Gasteiger partial charge in [-0.15, -0.1) is 0 Å². The first kappa shape index (κ1) is 22.5. The van der Waals surface area contributed by atoms with Crippen molar-refractivity contribution >= 4 is 33.4 Å². The summed E-state index contributed by atoms with van der Waals surface area (Å²) in [5, 5.41) is 0.473. The molecule has 0 atom stereocenters. The minimum absolute atomic E-state index is 0.159. The first-order valence-corrected chi connectivity index (χ1v) is 12.1. The molecule has 0 amide bonds. The molecule has 1 aliphatic rings.